The van der Waals surface area contributed by atoms with Crippen molar-refractivity contribution in [3.63, 3.8) is 0 Å². The van der Waals surface area contributed by atoms with Gasteiger partial charge in [-0.05, 0) is 41.2 Å². The molecule has 0 bridgehead atoms. The second-order valence-electron chi connectivity index (χ2n) is 5.16. The van der Waals surface area contributed by atoms with Crippen LogP contribution in [0, 0.1) is 0 Å². The van der Waals surface area contributed by atoms with E-state index in [4.69, 9.17) is 0 Å². The average molecular weight is 229 g/mol. The SMILES string of the molecule is CCCCCN(CCN(C)C)CCN(C)C. The third kappa shape index (κ3) is 10.4. The Hall–Kier alpha value is -0.120. The van der Waals surface area contributed by atoms with E-state index >= 15 is 0 Å². The van der Waals surface area contributed by atoms with Crippen LogP contribution in [-0.2, 0) is 0 Å². The van der Waals surface area contributed by atoms with E-state index in [0.717, 1.165) is 0 Å². The Morgan fingerprint density at radius 1 is 0.625 bits per heavy atom. The number of unbranched alkanes of at least 4 members (excludes halogenated alkanes) is 2. The molecule has 0 amide bonds. The lowest BCUT2D eigenvalue weighted by molar-refractivity contribution is 0.215. The number of rotatable bonds is 10. The third-order valence-electron chi connectivity index (χ3n) is 2.80. The second kappa shape index (κ2) is 10.1. The van der Waals surface area contributed by atoms with Gasteiger partial charge in [0.2, 0.25) is 0 Å². The summed E-state index contributed by atoms with van der Waals surface area (Å²) in [5.74, 6) is 0. The highest BCUT2D eigenvalue weighted by atomic mass is 15.2. The van der Waals surface area contributed by atoms with Gasteiger partial charge in [0, 0.05) is 26.2 Å². The van der Waals surface area contributed by atoms with Crippen LogP contribution in [0.2, 0.25) is 0 Å². The molecule has 0 aliphatic heterocycles. The zero-order valence-electron chi connectivity index (χ0n) is 12.0. The van der Waals surface area contributed by atoms with Gasteiger partial charge in [-0.2, -0.15) is 0 Å². The lowest BCUT2D eigenvalue weighted by atomic mass is 10.2. The molecule has 0 N–H and O–H groups in total. The minimum atomic E-state index is 1.17. The van der Waals surface area contributed by atoms with Crippen molar-refractivity contribution in [2.24, 2.45) is 0 Å². The highest BCUT2D eigenvalue weighted by Crippen LogP contribution is 1.99. The first-order valence-corrected chi connectivity index (χ1v) is 6.58. The summed E-state index contributed by atoms with van der Waals surface area (Å²) < 4.78 is 0. The van der Waals surface area contributed by atoms with Gasteiger partial charge in [0.1, 0.15) is 0 Å². The van der Waals surface area contributed by atoms with Crippen LogP contribution in [0.3, 0.4) is 0 Å². The van der Waals surface area contributed by atoms with Crippen LogP contribution in [0.5, 0.6) is 0 Å². The van der Waals surface area contributed by atoms with Gasteiger partial charge in [0.25, 0.3) is 0 Å². The maximum atomic E-state index is 2.59. The summed E-state index contributed by atoms with van der Waals surface area (Å²) in [5, 5.41) is 0. The molecular weight excluding hydrogens is 198 g/mol. The summed E-state index contributed by atoms with van der Waals surface area (Å²) in [6.45, 7) is 8.26. The van der Waals surface area contributed by atoms with Gasteiger partial charge in [-0.3, -0.25) is 0 Å². The topological polar surface area (TPSA) is 9.72 Å². The van der Waals surface area contributed by atoms with Crippen LogP contribution in [-0.4, -0.2) is 75.6 Å². The van der Waals surface area contributed by atoms with Crippen LogP contribution >= 0.6 is 0 Å². The zero-order chi connectivity index (χ0) is 12.4. The van der Waals surface area contributed by atoms with Gasteiger partial charge in [-0.1, -0.05) is 19.8 Å². The Morgan fingerprint density at radius 3 is 1.50 bits per heavy atom. The molecule has 3 nitrogen and oxygen atoms in total. The molecule has 0 aromatic carbocycles. The third-order valence-corrected chi connectivity index (χ3v) is 2.80. The molecule has 3 heteroatoms. The van der Waals surface area contributed by atoms with E-state index in [2.05, 4.69) is 49.8 Å². The fraction of sp³-hybridized carbons (Fsp3) is 1.00. The summed E-state index contributed by atoms with van der Waals surface area (Å²) >= 11 is 0. The molecule has 0 aliphatic rings. The van der Waals surface area contributed by atoms with Crippen molar-refractivity contribution >= 4 is 0 Å². The van der Waals surface area contributed by atoms with Crippen LogP contribution in [0.4, 0.5) is 0 Å². The van der Waals surface area contributed by atoms with Gasteiger partial charge < -0.3 is 14.7 Å². The molecule has 0 radical (unpaired) electrons. The highest BCUT2D eigenvalue weighted by molar-refractivity contribution is 4.61. The van der Waals surface area contributed by atoms with Crippen LogP contribution < -0.4 is 0 Å². The zero-order valence-corrected chi connectivity index (χ0v) is 12.0. The van der Waals surface area contributed by atoms with Crippen LogP contribution in [0.15, 0.2) is 0 Å². The Labute approximate surface area is 102 Å². The smallest absolute Gasteiger partial charge is 0.0110 e. The number of hydrogen-bond donors (Lipinski definition) is 0. The lowest BCUT2D eigenvalue weighted by Crippen LogP contribution is -2.37. The first-order chi connectivity index (χ1) is 7.56. The number of hydrogen-bond acceptors (Lipinski definition) is 3. The summed E-state index contributed by atoms with van der Waals surface area (Å²) in [6.07, 6.45) is 4.02. The molecular formula is C13H31N3. The Bertz CT molecular complexity index is 134. The molecule has 16 heavy (non-hydrogen) atoms. The Morgan fingerprint density at radius 2 is 1.12 bits per heavy atom. The van der Waals surface area contributed by atoms with Gasteiger partial charge in [-0.15, -0.1) is 0 Å². The molecule has 0 spiro atoms. The van der Waals surface area contributed by atoms with Gasteiger partial charge in [0.05, 0.1) is 0 Å². The van der Waals surface area contributed by atoms with Crippen molar-refractivity contribution in [3.05, 3.63) is 0 Å². The molecule has 0 aromatic rings. The first kappa shape index (κ1) is 15.9. The van der Waals surface area contributed by atoms with Gasteiger partial charge >= 0.3 is 0 Å². The Balaban J connectivity index is 3.76. The summed E-state index contributed by atoms with van der Waals surface area (Å²) in [4.78, 5) is 7.13. The van der Waals surface area contributed by atoms with Crippen molar-refractivity contribution in [2.75, 3.05) is 60.9 Å². The summed E-state index contributed by atoms with van der Waals surface area (Å²) in [6, 6.07) is 0. The number of nitrogens with zero attached hydrogens (tertiary/aromatic N) is 3. The van der Waals surface area contributed by atoms with Crippen LogP contribution in [0.1, 0.15) is 26.2 Å². The van der Waals surface area contributed by atoms with Crippen molar-refractivity contribution in [1.82, 2.24) is 14.7 Å². The largest absolute Gasteiger partial charge is 0.308 e. The Kier molecular flexibility index (Phi) is 9.99. The molecule has 0 saturated heterocycles. The van der Waals surface area contributed by atoms with E-state index in [-0.39, 0.29) is 0 Å². The normalized spacial score (nSPS) is 12.0. The van der Waals surface area contributed by atoms with E-state index in [1.807, 2.05) is 0 Å². The van der Waals surface area contributed by atoms with E-state index < -0.39 is 0 Å². The van der Waals surface area contributed by atoms with Crippen molar-refractivity contribution < 1.29 is 0 Å². The minimum absolute atomic E-state index is 1.17. The fourth-order valence-electron chi connectivity index (χ4n) is 1.60. The summed E-state index contributed by atoms with van der Waals surface area (Å²) in [5.41, 5.74) is 0. The molecule has 0 aliphatic carbocycles. The maximum Gasteiger partial charge on any atom is 0.0110 e. The predicted molar refractivity (Wildman–Crippen MR) is 73.1 cm³/mol. The average Bonchev–Trinajstić information content (AvgIpc) is 2.21. The van der Waals surface area contributed by atoms with E-state index in [0.29, 0.717) is 0 Å². The molecule has 98 valence electrons. The van der Waals surface area contributed by atoms with E-state index in [1.165, 1.54) is 52.0 Å². The quantitative estimate of drug-likeness (QED) is 0.527. The van der Waals surface area contributed by atoms with Crippen molar-refractivity contribution in [3.8, 4) is 0 Å². The number of likely N-dealkylation sites (N-methyl/N-ethyl adjacent to an activating group) is 2. The second-order valence-corrected chi connectivity index (χ2v) is 5.16. The molecule has 0 fully saturated rings. The van der Waals surface area contributed by atoms with Crippen LogP contribution in [0.25, 0.3) is 0 Å². The van der Waals surface area contributed by atoms with Crippen molar-refractivity contribution in [2.45, 2.75) is 26.2 Å². The van der Waals surface area contributed by atoms with E-state index in [9.17, 15) is 0 Å². The van der Waals surface area contributed by atoms with Gasteiger partial charge in [-0.25, -0.2) is 0 Å². The molecule has 0 atom stereocenters. The van der Waals surface area contributed by atoms with Gasteiger partial charge in [0.15, 0.2) is 0 Å². The molecule has 0 saturated carbocycles. The standard InChI is InChI=1S/C13H31N3/c1-6-7-8-9-16(12-10-14(2)3)13-11-15(4)5/h6-13H2,1-5H3. The molecule has 0 rings (SSSR count). The highest BCUT2D eigenvalue weighted by Gasteiger charge is 2.05. The predicted octanol–water partition coefficient (Wildman–Crippen LogP) is 1.60. The summed E-state index contributed by atoms with van der Waals surface area (Å²) in [7, 11) is 8.60. The molecule has 0 unspecified atom stereocenters. The first-order valence-electron chi connectivity index (χ1n) is 6.58. The maximum absolute atomic E-state index is 2.59. The fourth-order valence-corrected chi connectivity index (χ4v) is 1.60. The van der Waals surface area contributed by atoms with E-state index in [1.54, 1.807) is 0 Å². The minimum Gasteiger partial charge on any atom is -0.308 e. The lowest BCUT2D eigenvalue weighted by Gasteiger charge is -2.25. The molecule has 0 aromatic heterocycles. The monoisotopic (exact) mass is 229 g/mol. The van der Waals surface area contributed by atoms with Crippen molar-refractivity contribution in [1.29, 1.82) is 0 Å². The molecule has 0 heterocycles.